The number of nitrogens with zero attached hydrogens (tertiary/aromatic N) is 3. The van der Waals surface area contributed by atoms with Crippen LogP contribution in [0.1, 0.15) is 63.7 Å². The molecule has 0 N–H and O–H groups in total. The minimum atomic E-state index is -0.856. The van der Waals surface area contributed by atoms with Gasteiger partial charge in [-0.15, -0.1) is 0 Å². The van der Waals surface area contributed by atoms with Crippen molar-refractivity contribution in [2.75, 3.05) is 32.8 Å². The zero-order valence-corrected chi connectivity index (χ0v) is 19.9. The average Bonchev–Trinajstić information content (AvgIpc) is 3.17. The van der Waals surface area contributed by atoms with E-state index in [1.54, 1.807) is 17.0 Å². The van der Waals surface area contributed by atoms with Crippen molar-refractivity contribution in [1.82, 2.24) is 14.7 Å². The normalized spacial score (nSPS) is 20.1. The number of rotatable bonds is 7. The lowest BCUT2D eigenvalue weighted by Crippen LogP contribution is -2.60. The molecule has 1 atom stereocenters. The van der Waals surface area contributed by atoms with Crippen LogP contribution in [0.15, 0.2) is 30.3 Å². The van der Waals surface area contributed by atoms with Gasteiger partial charge in [0.2, 0.25) is 11.8 Å². The molecule has 0 aromatic heterocycles. The van der Waals surface area contributed by atoms with Gasteiger partial charge in [-0.2, -0.15) is 0 Å². The molecule has 3 rings (SSSR count). The molecule has 0 aliphatic carbocycles. The molecular formula is C25H37N3O4. The number of hydrogen-bond acceptors (Lipinski definition) is 4. The van der Waals surface area contributed by atoms with Gasteiger partial charge in [0.1, 0.15) is 11.8 Å². The SMILES string of the molecule is CCCN(CCC)C(=O)[C@H]1COC2(CCN(C(=O)C(C)C)CC2)N1C(=O)c1ccccc1. The molecule has 2 saturated heterocycles. The average molecular weight is 444 g/mol. The minimum Gasteiger partial charge on any atom is -0.353 e. The zero-order valence-electron chi connectivity index (χ0n) is 19.9. The second kappa shape index (κ2) is 10.5. The second-order valence-corrected chi connectivity index (χ2v) is 9.12. The number of hydrogen-bond donors (Lipinski definition) is 0. The van der Waals surface area contributed by atoms with Gasteiger partial charge >= 0.3 is 0 Å². The van der Waals surface area contributed by atoms with Crippen LogP contribution in [0, 0.1) is 5.92 Å². The van der Waals surface area contributed by atoms with Crippen LogP contribution in [0.5, 0.6) is 0 Å². The molecule has 0 radical (unpaired) electrons. The molecule has 1 aromatic carbocycles. The Balaban J connectivity index is 1.90. The van der Waals surface area contributed by atoms with Crippen molar-refractivity contribution in [2.24, 2.45) is 5.92 Å². The molecule has 2 fully saturated rings. The van der Waals surface area contributed by atoms with E-state index in [1.807, 2.05) is 41.8 Å². The van der Waals surface area contributed by atoms with Crippen molar-refractivity contribution < 1.29 is 19.1 Å². The first kappa shape index (κ1) is 24.2. The number of carbonyl (C=O) groups is 3. The van der Waals surface area contributed by atoms with E-state index < -0.39 is 11.8 Å². The summed E-state index contributed by atoms with van der Waals surface area (Å²) in [7, 11) is 0. The van der Waals surface area contributed by atoms with E-state index in [0.717, 1.165) is 12.8 Å². The summed E-state index contributed by atoms with van der Waals surface area (Å²) in [5, 5.41) is 0. The molecule has 2 heterocycles. The Morgan fingerprint density at radius 1 is 1.06 bits per heavy atom. The maximum Gasteiger partial charge on any atom is 0.256 e. The van der Waals surface area contributed by atoms with Crippen LogP contribution in [-0.2, 0) is 14.3 Å². The monoisotopic (exact) mass is 443 g/mol. The topological polar surface area (TPSA) is 70.2 Å². The van der Waals surface area contributed by atoms with Crippen molar-refractivity contribution in [3.63, 3.8) is 0 Å². The number of amides is 3. The molecule has 1 spiro atoms. The lowest BCUT2D eigenvalue weighted by molar-refractivity contribution is -0.147. The Bertz CT molecular complexity index is 797. The first-order valence-electron chi connectivity index (χ1n) is 11.9. The molecule has 0 unspecified atom stereocenters. The maximum atomic E-state index is 13.7. The van der Waals surface area contributed by atoms with Gasteiger partial charge in [-0.05, 0) is 25.0 Å². The van der Waals surface area contributed by atoms with Crippen LogP contribution in [0.4, 0.5) is 0 Å². The van der Waals surface area contributed by atoms with Crippen LogP contribution in [0.3, 0.4) is 0 Å². The maximum absolute atomic E-state index is 13.7. The Morgan fingerprint density at radius 3 is 2.19 bits per heavy atom. The first-order chi connectivity index (χ1) is 15.3. The van der Waals surface area contributed by atoms with Gasteiger partial charge in [0, 0.05) is 50.5 Å². The highest BCUT2D eigenvalue weighted by Crippen LogP contribution is 2.39. The predicted octanol–water partition coefficient (Wildman–Crippen LogP) is 3.15. The molecule has 2 aliphatic heterocycles. The molecule has 176 valence electrons. The number of piperidine rings is 1. The number of carbonyl (C=O) groups excluding carboxylic acids is 3. The fourth-order valence-corrected chi connectivity index (χ4v) is 4.80. The van der Waals surface area contributed by atoms with E-state index in [0.29, 0.717) is 44.6 Å². The largest absolute Gasteiger partial charge is 0.353 e. The van der Waals surface area contributed by atoms with E-state index in [4.69, 9.17) is 4.74 Å². The van der Waals surface area contributed by atoms with E-state index in [9.17, 15) is 14.4 Å². The minimum absolute atomic E-state index is 0.0458. The summed E-state index contributed by atoms with van der Waals surface area (Å²) in [4.78, 5) is 45.1. The molecule has 7 nitrogen and oxygen atoms in total. The third-order valence-corrected chi connectivity index (χ3v) is 6.43. The third kappa shape index (κ3) is 4.82. The van der Waals surface area contributed by atoms with Gasteiger partial charge in [0.25, 0.3) is 5.91 Å². The van der Waals surface area contributed by atoms with Crippen LogP contribution >= 0.6 is 0 Å². The molecule has 7 heteroatoms. The smallest absolute Gasteiger partial charge is 0.256 e. The summed E-state index contributed by atoms with van der Waals surface area (Å²) in [5.41, 5.74) is -0.307. The van der Waals surface area contributed by atoms with Crippen LogP contribution in [-0.4, -0.2) is 77.0 Å². The third-order valence-electron chi connectivity index (χ3n) is 6.43. The zero-order chi connectivity index (χ0) is 23.3. The van der Waals surface area contributed by atoms with Crippen molar-refractivity contribution in [3.8, 4) is 0 Å². The van der Waals surface area contributed by atoms with Gasteiger partial charge in [0.15, 0.2) is 0 Å². The lowest BCUT2D eigenvalue weighted by Gasteiger charge is -2.45. The summed E-state index contributed by atoms with van der Waals surface area (Å²) in [6.07, 6.45) is 2.75. The Morgan fingerprint density at radius 2 is 1.66 bits per heavy atom. The predicted molar refractivity (Wildman–Crippen MR) is 123 cm³/mol. The van der Waals surface area contributed by atoms with Crippen molar-refractivity contribution in [2.45, 2.75) is 65.1 Å². The number of benzene rings is 1. The van der Waals surface area contributed by atoms with Crippen molar-refractivity contribution >= 4 is 17.7 Å². The summed E-state index contributed by atoms with van der Waals surface area (Å²) in [6, 6.07) is 8.45. The Hall–Kier alpha value is -2.41. The highest BCUT2D eigenvalue weighted by molar-refractivity contribution is 5.98. The highest BCUT2D eigenvalue weighted by atomic mass is 16.5. The van der Waals surface area contributed by atoms with Crippen LogP contribution in [0.2, 0.25) is 0 Å². The molecular weight excluding hydrogens is 406 g/mol. The van der Waals surface area contributed by atoms with Gasteiger partial charge in [0.05, 0.1) is 6.61 Å². The quantitative estimate of drug-likeness (QED) is 0.649. The van der Waals surface area contributed by atoms with Crippen molar-refractivity contribution in [3.05, 3.63) is 35.9 Å². The van der Waals surface area contributed by atoms with E-state index >= 15 is 0 Å². The summed E-state index contributed by atoms with van der Waals surface area (Å²) < 4.78 is 6.29. The fraction of sp³-hybridized carbons (Fsp3) is 0.640. The number of likely N-dealkylation sites (tertiary alicyclic amines) is 1. The van der Waals surface area contributed by atoms with Crippen molar-refractivity contribution in [1.29, 1.82) is 0 Å². The highest BCUT2D eigenvalue weighted by Gasteiger charge is 2.54. The van der Waals surface area contributed by atoms with Gasteiger partial charge in [-0.25, -0.2) is 0 Å². The Kier molecular flexibility index (Phi) is 7.93. The first-order valence-corrected chi connectivity index (χ1v) is 11.9. The molecule has 0 saturated carbocycles. The second-order valence-electron chi connectivity index (χ2n) is 9.12. The lowest BCUT2D eigenvalue weighted by atomic mass is 9.95. The van der Waals surface area contributed by atoms with Gasteiger partial charge < -0.3 is 14.5 Å². The van der Waals surface area contributed by atoms with Crippen LogP contribution in [0.25, 0.3) is 0 Å². The standard InChI is InChI=1S/C25H37N3O4/c1-5-14-26(15-6-2)24(31)21-18-32-25(12-16-27(17-13-25)22(29)19(3)4)28(21)23(30)20-10-8-7-9-11-20/h7-11,19,21H,5-6,12-18H2,1-4H3/t21-/m1/s1. The van der Waals surface area contributed by atoms with Gasteiger partial charge in [-0.1, -0.05) is 45.9 Å². The fourth-order valence-electron chi connectivity index (χ4n) is 4.80. The van der Waals surface area contributed by atoms with Gasteiger partial charge in [-0.3, -0.25) is 19.3 Å². The van der Waals surface area contributed by atoms with E-state index in [-0.39, 0.29) is 30.2 Å². The molecule has 1 aromatic rings. The molecule has 32 heavy (non-hydrogen) atoms. The summed E-state index contributed by atoms with van der Waals surface area (Å²) in [5.74, 6) is -0.182. The summed E-state index contributed by atoms with van der Waals surface area (Å²) in [6.45, 7) is 10.5. The van der Waals surface area contributed by atoms with E-state index in [2.05, 4.69) is 13.8 Å². The molecule has 3 amide bonds. The molecule has 0 bridgehead atoms. The summed E-state index contributed by atoms with van der Waals surface area (Å²) >= 11 is 0. The number of ether oxygens (including phenoxy) is 1. The van der Waals surface area contributed by atoms with E-state index in [1.165, 1.54) is 0 Å². The Labute approximate surface area is 191 Å². The van der Waals surface area contributed by atoms with Crippen LogP contribution < -0.4 is 0 Å². The molecule has 2 aliphatic rings.